The van der Waals surface area contributed by atoms with Crippen molar-refractivity contribution in [1.82, 2.24) is 0 Å². The van der Waals surface area contributed by atoms with Gasteiger partial charge in [0, 0.05) is 10.8 Å². The lowest BCUT2D eigenvalue weighted by Crippen LogP contribution is -2.41. The zero-order valence-corrected chi connectivity index (χ0v) is 34.3. The molecule has 7 rings (SSSR count). The van der Waals surface area contributed by atoms with E-state index >= 15 is 0 Å². The van der Waals surface area contributed by atoms with Gasteiger partial charge in [-0.05, 0) is 114 Å². The van der Waals surface area contributed by atoms with Crippen molar-refractivity contribution >= 4 is 12.6 Å². The van der Waals surface area contributed by atoms with Crippen molar-refractivity contribution < 1.29 is 9.31 Å². The van der Waals surface area contributed by atoms with E-state index in [1.165, 1.54) is 134 Å². The molecule has 0 amide bonds. The maximum Gasteiger partial charge on any atom is 0.494 e. The van der Waals surface area contributed by atoms with E-state index in [4.69, 9.17) is 9.31 Å². The third-order valence-electron chi connectivity index (χ3n) is 13.7. The zero-order chi connectivity index (χ0) is 37.4. The summed E-state index contributed by atoms with van der Waals surface area (Å²) in [6.45, 7) is 17.9. The molecule has 4 aromatic rings. The molecular weight excluding hydrogens is 643 g/mol. The van der Waals surface area contributed by atoms with Gasteiger partial charge < -0.3 is 9.31 Å². The fraction of sp³-hybridized carbons (Fsp3) is 0.520. The third kappa shape index (κ3) is 7.00. The maximum atomic E-state index is 6.48. The van der Waals surface area contributed by atoms with E-state index in [1.807, 2.05) is 0 Å². The van der Waals surface area contributed by atoms with Crippen molar-refractivity contribution in [3.63, 3.8) is 0 Å². The van der Waals surface area contributed by atoms with Gasteiger partial charge in [-0.3, -0.25) is 0 Å². The molecular formula is C50H65BO2. The fourth-order valence-corrected chi connectivity index (χ4v) is 9.77. The highest BCUT2D eigenvalue weighted by atomic mass is 16.7. The summed E-state index contributed by atoms with van der Waals surface area (Å²) in [5.74, 6) is 0. The largest absolute Gasteiger partial charge is 0.494 e. The van der Waals surface area contributed by atoms with Crippen molar-refractivity contribution in [3.05, 3.63) is 101 Å². The second kappa shape index (κ2) is 15.2. The monoisotopic (exact) mass is 709 g/mol. The molecule has 4 aromatic carbocycles. The number of unbranched alkanes of at least 4 members (excludes halogenated alkanes) is 10. The Bertz CT molecular complexity index is 1880. The molecule has 2 aliphatic carbocycles. The molecule has 1 heterocycles. The Labute approximate surface area is 322 Å². The van der Waals surface area contributed by atoms with Crippen LogP contribution in [0.3, 0.4) is 0 Å². The minimum Gasteiger partial charge on any atom is -0.399 e. The van der Waals surface area contributed by atoms with Crippen molar-refractivity contribution in [3.8, 4) is 33.4 Å². The van der Waals surface area contributed by atoms with Crippen LogP contribution < -0.4 is 5.46 Å². The van der Waals surface area contributed by atoms with Crippen molar-refractivity contribution in [2.45, 2.75) is 167 Å². The van der Waals surface area contributed by atoms with Gasteiger partial charge in [0.2, 0.25) is 0 Å². The minimum atomic E-state index is -0.359. The van der Waals surface area contributed by atoms with E-state index in [0.29, 0.717) is 0 Å². The summed E-state index contributed by atoms with van der Waals surface area (Å²) < 4.78 is 13.0. The zero-order valence-electron chi connectivity index (χ0n) is 34.3. The minimum absolute atomic E-state index is 0.0909. The van der Waals surface area contributed by atoms with Gasteiger partial charge in [0.25, 0.3) is 0 Å². The number of benzene rings is 4. The van der Waals surface area contributed by atoms with Crippen LogP contribution in [0.1, 0.15) is 168 Å². The van der Waals surface area contributed by atoms with Crippen LogP contribution in [0.5, 0.6) is 0 Å². The lowest BCUT2D eigenvalue weighted by molar-refractivity contribution is 0.00578. The van der Waals surface area contributed by atoms with Gasteiger partial charge in [-0.25, -0.2) is 0 Å². The van der Waals surface area contributed by atoms with E-state index in [0.717, 1.165) is 5.46 Å². The average molecular weight is 709 g/mol. The molecule has 1 saturated heterocycles. The molecule has 0 N–H and O–H groups in total. The lowest BCUT2D eigenvalue weighted by atomic mass is 9.70. The molecule has 3 aliphatic rings. The number of rotatable bonds is 16. The van der Waals surface area contributed by atoms with Crippen LogP contribution in [0.25, 0.3) is 33.4 Å². The van der Waals surface area contributed by atoms with E-state index in [1.54, 1.807) is 11.1 Å². The third-order valence-corrected chi connectivity index (χ3v) is 13.7. The standard InChI is InChI=1S/C50H65BO2/c1-9-11-13-15-17-21-31-50(32-22-18-16-14-12-10-2)43-24-20-19-23-39(43)42-29-26-37(34-46(42)50)36-25-28-40-41-30-27-38(35-45(41)47(3,4)44(40)33-36)51-52-48(5,6)49(7,8)53-51/h19-20,23-30,33-35H,9-18,21-22,31-32H2,1-8H3. The second-order valence-electron chi connectivity index (χ2n) is 18.2. The van der Waals surface area contributed by atoms with Crippen LogP contribution in [-0.2, 0) is 20.1 Å². The van der Waals surface area contributed by atoms with E-state index in [9.17, 15) is 0 Å². The van der Waals surface area contributed by atoms with Crippen LogP contribution in [0, 0.1) is 0 Å². The second-order valence-corrected chi connectivity index (χ2v) is 18.2. The average Bonchev–Trinajstić information content (AvgIpc) is 3.65. The predicted molar refractivity (Wildman–Crippen MR) is 227 cm³/mol. The highest BCUT2D eigenvalue weighted by molar-refractivity contribution is 6.62. The van der Waals surface area contributed by atoms with Crippen LogP contribution >= 0.6 is 0 Å². The van der Waals surface area contributed by atoms with E-state index in [2.05, 4.69) is 134 Å². The molecule has 280 valence electrons. The van der Waals surface area contributed by atoms with Gasteiger partial charge >= 0.3 is 7.12 Å². The molecule has 0 atom stereocenters. The van der Waals surface area contributed by atoms with Gasteiger partial charge in [-0.2, -0.15) is 0 Å². The highest BCUT2D eigenvalue weighted by Crippen LogP contribution is 2.56. The number of hydrogen-bond acceptors (Lipinski definition) is 2. The molecule has 1 aliphatic heterocycles. The normalized spacial score (nSPS) is 18.2. The molecule has 53 heavy (non-hydrogen) atoms. The molecule has 0 saturated carbocycles. The van der Waals surface area contributed by atoms with Crippen molar-refractivity contribution in [2.75, 3.05) is 0 Å². The first-order valence-electron chi connectivity index (χ1n) is 21.3. The SMILES string of the molecule is CCCCCCCCC1(CCCCCCCC)c2ccccc2-c2ccc(-c3ccc4c(c3)C(C)(C)c3cc(B5OC(C)(C)C(C)(C)O5)ccc3-4)cc21. The molecule has 3 heteroatoms. The summed E-state index contributed by atoms with van der Waals surface area (Å²) in [5, 5.41) is 0. The van der Waals surface area contributed by atoms with Crippen LogP contribution in [-0.4, -0.2) is 18.3 Å². The summed E-state index contributed by atoms with van der Waals surface area (Å²) in [4.78, 5) is 0. The first-order valence-corrected chi connectivity index (χ1v) is 21.3. The summed E-state index contributed by atoms with van der Waals surface area (Å²) in [6.07, 6.45) is 18.6. The van der Waals surface area contributed by atoms with E-state index < -0.39 is 0 Å². The highest BCUT2D eigenvalue weighted by Gasteiger charge is 2.52. The maximum absolute atomic E-state index is 6.48. The Morgan fingerprint density at radius 1 is 0.453 bits per heavy atom. The summed E-state index contributed by atoms with van der Waals surface area (Å²) >= 11 is 0. The molecule has 0 radical (unpaired) electrons. The summed E-state index contributed by atoms with van der Waals surface area (Å²) in [7, 11) is -0.358. The summed E-state index contributed by atoms with van der Waals surface area (Å²) in [5.41, 5.74) is 14.6. The molecule has 0 aromatic heterocycles. The van der Waals surface area contributed by atoms with E-state index in [-0.39, 0.29) is 29.2 Å². The van der Waals surface area contributed by atoms with Gasteiger partial charge in [-0.15, -0.1) is 0 Å². The fourth-order valence-electron chi connectivity index (χ4n) is 9.77. The quantitative estimate of drug-likeness (QED) is 0.0852. The number of fused-ring (bicyclic) bond motifs is 6. The number of hydrogen-bond donors (Lipinski definition) is 0. The molecule has 1 fully saturated rings. The van der Waals surface area contributed by atoms with Crippen LogP contribution in [0.15, 0.2) is 78.9 Å². The van der Waals surface area contributed by atoms with Crippen LogP contribution in [0.2, 0.25) is 0 Å². The molecule has 0 bridgehead atoms. The Balaban J connectivity index is 1.21. The Kier molecular flexibility index (Phi) is 10.9. The Morgan fingerprint density at radius 2 is 0.906 bits per heavy atom. The molecule has 0 spiro atoms. The topological polar surface area (TPSA) is 18.5 Å². The molecule has 2 nitrogen and oxygen atoms in total. The Hall–Kier alpha value is -3.14. The molecule has 0 unspecified atom stereocenters. The van der Waals surface area contributed by atoms with Gasteiger partial charge in [0.15, 0.2) is 0 Å². The van der Waals surface area contributed by atoms with Crippen molar-refractivity contribution in [1.29, 1.82) is 0 Å². The van der Waals surface area contributed by atoms with Gasteiger partial charge in [0.1, 0.15) is 0 Å². The summed E-state index contributed by atoms with van der Waals surface area (Å²) in [6, 6.07) is 31.0. The smallest absolute Gasteiger partial charge is 0.399 e. The van der Waals surface area contributed by atoms with Crippen LogP contribution in [0.4, 0.5) is 0 Å². The first-order chi connectivity index (χ1) is 25.4. The lowest BCUT2D eigenvalue weighted by Gasteiger charge is -2.33. The predicted octanol–water partition coefficient (Wildman–Crippen LogP) is 13.7. The first kappa shape index (κ1) is 38.2. The van der Waals surface area contributed by atoms with Gasteiger partial charge in [0.05, 0.1) is 11.2 Å². The Morgan fingerprint density at radius 3 is 1.49 bits per heavy atom. The van der Waals surface area contributed by atoms with Gasteiger partial charge in [-0.1, -0.05) is 171 Å². The van der Waals surface area contributed by atoms with Crippen molar-refractivity contribution in [2.24, 2.45) is 0 Å².